The number of methoxy groups -OCH3 is 1. The van der Waals surface area contributed by atoms with Gasteiger partial charge >= 0.3 is 5.97 Å². The predicted octanol–water partition coefficient (Wildman–Crippen LogP) is 1.86. The Morgan fingerprint density at radius 1 is 1.44 bits per heavy atom. The highest BCUT2D eigenvalue weighted by atomic mass is 16.5. The van der Waals surface area contributed by atoms with Crippen molar-refractivity contribution in [1.29, 1.82) is 0 Å². The van der Waals surface area contributed by atoms with E-state index in [2.05, 4.69) is 0 Å². The van der Waals surface area contributed by atoms with E-state index in [0.717, 1.165) is 11.3 Å². The lowest BCUT2D eigenvalue weighted by Gasteiger charge is -2.27. The largest absolute Gasteiger partial charge is 0.497 e. The highest BCUT2D eigenvalue weighted by Gasteiger charge is 2.36. The highest BCUT2D eigenvalue weighted by Crippen LogP contribution is 2.31. The van der Waals surface area contributed by atoms with Gasteiger partial charge in [0, 0.05) is 0 Å². The molecule has 1 rings (SSSR count). The molecule has 0 saturated heterocycles. The Kier molecular flexibility index (Phi) is 5.16. The molecule has 0 spiro atoms. The van der Waals surface area contributed by atoms with Gasteiger partial charge < -0.3 is 15.2 Å². The summed E-state index contributed by atoms with van der Waals surface area (Å²) in [6, 6.07) is 7.46. The van der Waals surface area contributed by atoms with Crippen LogP contribution in [0.15, 0.2) is 24.3 Å². The van der Waals surface area contributed by atoms with Crippen LogP contribution >= 0.6 is 0 Å². The van der Waals surface area contributed by atoms with Crippen LogP contribution in [-0.2, 0) is 14.9 Å². The number of carbonyl (C=O) groups excluding carboxylic acids is 1. The van der Waals surface area contributed by atoms with E-state index in [1.54, 1.807) is 14.0 Å². The molecule has 0 fully saturated rings. The van der Waals surface area contributed by atoms with Gasteiger partial charge in [-0.25, -0.2) is 0 Å². The highest BCUT2D eigenvalue weighted by molar-refractivity contribution is 5.82. The van der Waals surface area contributed by atoms with Crippen LogP contribution in [0, 0.1) is 0 Å². The standard InChI is InChI=1S/C14H21NO3/c1-4-18-13(16)14(2,8-9-15)11-6-5-7-12(10-11)17-3/h5-7,10H,4,8-9,15H2,1-3H3. The van der Waals surface area contributed by atoms with Gasteiger partial charge in [-0.1, -0.05) is 12.1 Å². The molecule has 2 N–H and O–H groups in total. The molecule has 1 aromatic rings. The summed E-state index contributed by atoms with van der Waals surface area (Å²) in [5.74, 6) is 0.476. The zero-order chi connectivity index (χ0) is 13.6. The SMILES string of the molecule is CCOC(=O)C(C)(CCN)c1cccc(OC)c1. The summed E-state index contributed by atoms with van der Waals surface area (Å²) in [6.45, 7) is 4.44. The van der Waals surface area contributed by atoms with Crippen LogP contribution in [-0.4, -0.2) is 26.2 Å². The molecule has 0 saturated carbocycles. The molecule has 0 aliphatic rings. The minimum absolute atomic E-state index is 0.247. The van der Waals surface area contributed by atoms with Gasteiger partial charge in [-0.15, -0.1) is 0 Å². The molecule has 100 valence electrons. The Morgan fingerprint density at radius 3 is 2.72 bits per heavy atom. The first-order chi connectivity index (χ1) is 8.58. The van der Waals surface area contributed by atoms with E-state index in [-0.39, 0.29) is 5.97 Å². The first-order valence-corrected chi connectivity index (χ1v) is 6.10. The Balaban J connectivity index is 3.12. The van der Waals surface area contributed by atoms with Crippen molar-refractivity contribution in [3.05, 3.63) is 29.8 Å². The zero-order valence-corrected chi connectivity index (χ0v) is 11.2. The average molecular weight is 251 g/mol. The van der Waals surface area contributed by atoms with Crippen LogP contribution in [0.25, 0.3) is 0 Å². The van der Waals surface area contributed by atoms with E-state index in [1.807, 2.05) is 31.2 Å². The molecule has 18 heavy (non-hydrogen) atoms. The summed E-state index contributed by atoms with van der Waals surface area (Å²) >= 11 is 0. The molecule has 0 aromatic heterocycles. The number of hydrogen-bond acceptors (Lipinski definition) is 4. The molecule has 0 radical (unpaired) electrons. The van der Waals surface area contributed by atoms with E-state index in [9.17, 15) is 4.79 Å². The minimum atomic E-state index is -0.723. The monoisotopic (exact) mass is 251 g/mol. The number of carbonyl (C=O) groups is 1. The molecular formula is C14H21NO3. The summed E-state index contributed by atoms with van der Waals surface area (Å²) in [6.07, 6.45) is 0.541. The number of rotatable bonds is 6. The van der Waals surface area contributed by atoms with E-state index in [0.29, 0.717) is 19.6 Å². The van der Waals surface area contributed by atoms with Gasteiger partial charge in [0.05, 0.1) is 19.1 Å². The smallest absolute Gasteiger partial charge is 0.316 e. The predicted molar refractivity (Wildman–Crippen MR) is 70.7 cm³/mol. The van der Waals surface area contributed by atoms with Crippen molar-refractivity contribution in [1.82, 2.24) is 0 Å². The molecule has 4 heteroatoms. The van der Waals surface area contributed by atoms with Gasteiger partial charge in [0.1, 0.15) is 5.75 Å². The maximum absolute atomic E-state index is 12.1. The van der Waals surface area contributed by atoms with E-state index in [4.69, 9.17) is 15.2 Å². The molecule has 4 nitrogen and oxygen atoms in total. The van der Waals surface area contributed by atoms with E-state index < -0.39 is 5.41 Å². The molecule has 0 heterocycles. The van der Waals surface area contributed by atoms with E-state index in [1.165, 1.54) is 0 Å². The maximum atomic E-state index is 12.1. The number of esters is 1. The third-order valence-electron chi connectivity index (χ3n) is 3.08. The van der Waals surface area contributed by atoms with Crippen molar-refractivity contribution >= 4 is 5.97 Å². The van der Waals surface area contributed by atoms with Gasteiger partial charge in [-0.2, -0.15) is 0 Å². The summed E-state index contributed by atoms with van der Waals surface area (Å²) < 4.78 is 10.3. The van der Waals surface area contributed by atoms with Crippen molar-refractivity contribution < 1.29 is 14.3 Å². The van der Waals surface area contributed by atoms with E-state index >= 15 is 0 Å². The molecule has 0 amide bonds. The van der Waals surface area contributed by atoms with Gasteiger partial charge in [0.2, 0.25) is 0 Å². The number of benzene rings is 1. The van der Waals surface area contributed by atoms with Crippen LogP contribution in [0.1, 0.15) is 25.8 Å². The first kappa shape index (κ1) is 14.5. The second-order valence-electron chi connectivity index (χ2n) is 4.32. The maximum Gasteiger partial charge on any atom is 0.316 e. The van der Waals surface area contributed by atoms with Crippen LogP contribution in [0.2, 0.25) is 0 Å². The van der Waals surface area contributed by atoms with Gasteiger partial charge in [0.25, 0.3) is 0 Å². The minimum Gasteiger partial charge on any atom is -0.497 e. The Bertz CT molecular complexity index is 406. The summed E-state index contributed by atoms with van der Waals surface area (Å²) in [5, 5.41) is 0. The molecular weight excluding hydrogens is 230 g/mol. The summed E-state index contributed by atoms with van der Waals surface area (Å²) in [5.41, 5.74) is 5.76. The second-order valence-corrected chi connectivity index (χ2v) is 4.32. The number of nitrogens with two attached hydrogens (primary N) is 1. The van der Waals surface area contributed by atoms with Crippen LogP contribution in [0.3, 0.4) is 0 Å². The van der Waals surface area contributed by atoms with Crippen molar-refractivity contribution in [2.75, 3.05) is 20.3 Å². The Labute approximate surface area is 108 Å². The number of hydrogen-bond donors (Lipinski definition) is 1. The lowest BCUT2D eigenvalue weighted by Crippen LogP contribution is -2.36. The normalized spacial score (nSPS) is 13.8. The number of ether oxygens (including phenoxy) is 2. The van der Waals surface area contributed by atoms with Crippen molar-refractivity contribution in [2.45, 2.75) is 25.7 Å². The quantitative estimate of drug-likeness (QED) is 0.784. The Hall–Kier alpha value is -1.55. The van der Waals surface area contributed by atoms with Crippen molar-refractivity contribution in [2.24, 2.45) is 5.73 Å². The lowest BCUT2D eigenvalue weighted by atomic mass is 9.79. The van der Waals surface area contributed by atoms with Crippen molar-refractivity contribution in [3.8, 4) is 5.75 Å². The first-order valence-electron chi connectivity index (χ1n) is 6.10. The van der Waals surface area contributed by atoms with Gasteiger partial charge in [0.15, 0.2) is 0 Å². The van der Waals surface area contributed by atoms with Gasteiger partial charge in [-0.05, 0) is 44.5 Å². The topological polar surface area (TPSA) is 61.5 Å². The third kappa shape index (κ3) is 3.01. The summed E-state index contributed by atoms with van der Waals surface area (Å²) in [7, 11) is 1.60. The van der Waals surface area contributed by atoms with Crippen LogP contribution in [0.5, 0.6) is 5.75 Å². The molecule has 1 aromatic carbocycles. The molecule has 1 atom stereocenters. The zero-order valence-electron chi connectivity index (χ0n) is 11.2. The molecule has 0 aliphatic heterocycles. The molecule has 0 aliphatic carbocycles. The van der Waals surface area contributed by atoms with Crippen LogP contribution < -0.4 is 10.5 Å². The fraction of sp³-hybridized carbons (Fsp3) is 0.500. The molecule has 1 unspecified atom stereocenters. The third-order valence-corrected chi connectivity index (χ3v) is 3.08. The average Bonchev–Trinajstić information content (AvgIpc) is 2.39. The van der Waals surface area contributed by atoms with Crippen molar-refractivity contribution in [3.63, 3.8) is 0 Å². The fourth-order valence-corrected chi connectivity index (χ4v) is 1.91. The van der Waals surface area contributed by atoms with Gasteiger partial charge in [-0.3, -0.25) is 4.79 Å². The fourth-order valence-electron chi connectivity index (χ4n) is 1.91. The summed E-state index contributed by atoms with van der Waals surface area (Å²) in [4.78, 5) is 12.1. The second kappa shape index (κ2) is 6.40. The Morgan fingerprint density at radius 2 is 2.17 bits per heavy atom. The molecule has 0 bridgehead atoms. The van der Waals surface area contributed by atoms with Crippen LogP contribution in [0.4, 0.5) is 0 Å². The lowest BCUT2D eigenvalue weighted by molar-refractivity contribution is -0.149.